The van der Waals surface area contributed by atoms with Gasteiger partial charge in [0.05, 0.1) is 19.8 Å². The van der Waals surface area contributed by atoms with Crippen molar-refractivity contribution in [2.24, 2.45) is 29.6 Å². The summed E-state index contributed by atoms with van der Waals surface area (Å²) in [6.45, 7) is 2.64. The smallest absolute Gasteiger partial charge is 0.345 e. The number of aliphatic hydroxyl groups excluding tert-OH is 2. The van der Waals surface area contributed by atoms with Gasteiger partial charge in [-0.05, 0) is 67.4 Å². The lowest BCUT2D eigenvalue weighted by atomic mass is 9.68. The number of fused-ring (bicyclic) bond motifs is 4. The van der Waals surface area contributed by atoms with E-state index in [1.54, 1.807) is 0 Å². The molecule has 2 aliphatic carbocycles. The molecule has 2 saturated carbocycles. The zero-order chi connectivity index (χ0) is 29.7. The van der Waals surface area contributed by atoms with Crippen LogP contribution < -0.4 is 0 Å². The number of piperidine rings is 1. The summed E-state index contributed by atoms with van der Waals surface area (Å²) >= 11 is 0. The molecule has 0 unspecified atom stereocenters. The van der Waals surface area contributed by atoms with Gasteiger partial charge in [0, 0.05) is 30.5 Å². The number of esters is 1. The van der Waals surface area contributed by atoms with Gasteiger partial charge in [-0.2, -0.15) is 0 Å². The van der Waals surface area contributed by atoms with Crippen molar-refractivity contribution in [3.63, 3.8) is 0 Å². The van der Waals surface area contributed by atoms with E-state index in [2.05, 4.69) is 48.2 Å². The van der Waals surface area contributed by atoms with E-state index >= 15 is 0 Å². The van der Waals surface area contributed by atoms with E-state index in [9.17, 15) is 15.0 Å². The molecule has 2 saturated heterocycles. The van der Waals surface area contributed by atoms with Crippen LogP contribution in [0.3, 0.4) is 0 Å². The van der Waals surface area contributed by atoms with Crippen molar-refractivity contribution >= 4 is 5.97 Å². The number of nitrogens with zero attached hydrogens (tertiary/aromatic N) is 1. The number of carbonyl (C=O) groups is 1. The van der Waals surface area contributed by atoms with Crippen molar-refractivity contribution in [2.75, 3.05) is 20.3 Å². The zero-order valence-electron chi connectivity index (χ0n) is 25.6. The summed E-state index contributed by atoms with van der Waals surface area (Å²) < 4.78 is 17.8. The zero-order valence-corrected chi connectivity index (χ0v) is 25.6. The first-order chi connectivity index (χ1) is 21.0. The Labute approximate surface area is 255 Å². The number of ether oxygens (including phenoxy) is 3. The third-order valence-electron chi connectivity index (χ3n) is 11.7. The highest BCUT2D eigenvalue weighted by atomic mass is 16.6. The average Bonchev–Trinajstić information content (AvgIpc) is 3.65. The molecule has 6 aliphatic rings. The summed E-state index contributed by atoms with van der Waals surface area (Å²) in [5, 5.41) is 22.0. The maximum Gasteiger partial charge on any atom is 0.345 e. The van der Waals surface area contributed by atoms with Gasteiger partial charge in [-0.3, -0.25) is 4.90 Å². The van der Waals surface area contributed by atoms with E-state index in [-0.39, 0.29) is 41.4 Å². The van der Waals surface area contributed by atoms with Crippen molar-refractivity contribution in [2.45, 2.75) is 95.2 Å². The van der Waals surface area contributed by atoms with Crippen LogP contribution in [0.4, 0.5) is 0 Å². The number of benzene rings is 1. The molecule has 4 fully saturated rings. The van der Waals surface area contributed by atoms with Crippen LogP contribution in [-0.4, -0.2) is 59.5 Å². The number of aliphatic hydroxyl groups is 2. The Bertz CT molecular complexity index is 1300. The predicted molar refractivity (Wildman–Crippen MR) is 162 cm³/mol. The second-order valence-electron chi connectivity index (χ2n) is 13.8. The standard InChI is InChI=1S/C36H47NO6/c1-21-31-28-19-26-24(23-12-7-4-8-13-23)15-16-25(26)32(29(39)18-22-10-5-3-6-11-22)37(28)17-9-14-30(31)42-33(21)35-34(41-2)27(20-38)36(40)43-35/h4,7-8,12-14,21-22,24-26,28-29,31-32,38-39H,3,5-6,9-11,15-20H2,1-2H3/t21-,24+,25+,26-,28-,29+,31+,32+/m1/s1. The summed E-state index contributed by atoms with van der Waals surface area (Å²) in [7, 11) is 1.50. The van der Waals surface area contributed by atoms with Crippen molar-refractivity contribution in [1.82, 2.24) is 4.90 Å². The van der Waals surface area contributed by atoms with Gasteiger partial charge in [-0.25, -0.2) is 4.79 Å². The van der Waals surface area contributed by atoms with E-state index in [0.717, 1.165) is 38.0 Å². The van der Waals surface area contributed by atoms with Gasteiger partial charge in [0.15, 0.2) is 11.5 Å². The molecule has 8 atom stereocenters. The molecule has 2 N–H and O–H groups in total. The Morgan fingerprint density at radius 1 is 1.05 bits per heavy atom. The number of hydrogen-bond donors (Lipinski definition) is 2. The first kappa shape index (κ1) is 29.1. The maximum atomic E-state index is 12.6. The first-order valence-corrected chi connectivity index (χ1v) is 16.7. The molecule has 0 radical (unpaired) electrons. The van der Waals surface area contributed by atoms with Gasteiger partial charge in [0.1, 0.15) is 11.3 Å². The summed E-state index contributed by atoms with van der Waals surface area (Å²) in [6.07, 6.45) is 13.4. The fraction of sp³-hybridized carbons (Fsp3) is 0.639. The molecule has 7 nitrogen and oxygen atoms in total. The molecule has 7 heteroatoms. The Morgan fingerprint density at radius 2 is 1.84 bits per heavy atom. The molecule has 232 valence electrons. The van der Waals surface area contributed by atoms with Gasteiger partial charge in [0.25, 0.3) is 0 Å². The molecule has 4 heterocycles. The molecule has 4 aliphatic heterocycles. The molecule has 1 aromatic carbocycles. The van der Waals surface area contributed by atoms with Crippen LogP contribution in [0.1, 0.15) is 82.6 Å². The number of carbonyl (C=O) groups excluding carboxylic acids is 1. The van der Waals surface area contributed by atoms with Crippen molar-refractivity contribution in [1.29, 1.82) is 0 Å². The lowest BCUT2D eigenvalue weighted by molar-refractivity contribution is -0.133. The molecule has 1 aromatic rings. The highest BCUT2D eigenvalue weighted by molar-refractivity contribution is 5.94. The lowest BCUT2D eigenvalue weighted by Crippen LogP contribution is -2.60. The van der Waals surface area contributed by atoms with Gasteiger partial charge >= 0.3 is 5.97 Å². The van der Waals surface area contributed by atoms with Gasteiger partial charge in [0.2, 0.25) is 5.76 Å². The van der Waals surface area contributed by atoms with E-state index in [4.69, 9.17) is 14.2 Å². The number of allylic oxidation sites excluding steroid dienone is 1. The van der Waals surface area contributed by atoms with E-state index in [1.165, 1.54) is 51.2 Å². The second kappa shape index (κ2) is 12.1. The van der Waals surface area contributed by atoms with Crippen LogP contribution in [0.2, 0.25) is 0 Å². The van der Waals surface area contributed by atoms with Crippen LogP contribution in [0.15, 0.2) is 65.0 Å². The fourth-order valence-corrected chi connectivity index (χ4v) is 9.89. The van der Waals surface area contributed by atoms with Gasteiger partial charge in [-0.15, -0.1) is 0 Å². The molecule has 43 heavy (non-hydrogen) atoms. The summed E-state index contributed by atoms with van der Waals surface area (Å²) in [4.78, 5) is 15.2. The Hall–Kier alpha value is -2.61. The van der Waals surface area contributed by atoms with Crippen LogP contribution in [0.25, 0.3) is 0 Å². The van der Waals surface area contributed by atoms with Crippen LogP contribution in [0.5, 0.6) is 0 Å². The van der Waals surface area contributed by atoms with Gasteiger partial charge in [-0.1, -0.05) is 69.4 Å². The summed E-state index contributed by atoms with van der Waals surface area (Å²) in [5.41, 5.74) is 1.56. The van der Waals surface area contributed by atoms with Crippen molar-refractivity contribution < 1.29 is 29.2 Å². The lowest BCUT2D eigenvalue weighted by Gasteiger charge is -2.52. The van der Waals surface area contributed by atoms with Crippen molar-refractivity contribution in [3.8, 4) is 0 Å². The van der Waals surface area contributed by atoms with E-state index in [0.29, 0.717) is 35.2 Å². The van der Waals surface area contributed by atoms with Crippen LogP contribution in [-0.2, 0) is 19.0 Å². The van der Waals surface area contributed by atoms with E-state index in [1.807, 2.05) is 0 Å². The maximum absolute atomic E-state index is 12.6. The molecule has 7 rings (SSSR count). The second-order valence-corrected chi connectivity index (χ2v) is 13.8. The van der Waals surface area contributed by atoms with Crippen LogP contribution in [0, 0.1) is 29.6 Å². The average molecular weight is 590 g/mol. The minimum Gasteiger partial charge on any atom is -0.492 e. The van der Waals surface area contributed by atoms with Gasteiger partial charge < -0.3 is 24.4 Å². The molecular formula is C36H47NO6. The minimum absolute atomic E-state index is 0.0490. The molecule has 0 spiro atoms. The fourth-order valence-electron chi connectivity index (χ4n) is 9.89. The largest absolute Gasteiger partial charge is 0.492 e. The molecular weight excluding hydrogens is 542 g/mol. The topological polar surface area (TPSA) is 88.5 Å². The Morgan fingerprint density at radius 3 is 2.58 bits per heavy atom. The summed E-state index contributed by atoms with van der Waals surface area (Å²) in [6, 6.07) is 11.4. The Kier molecular flexibility index (Phi) is 8.17. The molecule has 0 amide bonds. The number of cyclic esters (lactones) is 1. The highest BCUT2D eigenvalue weighted by Gasteiger charge is 2.56. The quantitative estimate of drug-likeness (QED) is 0.406. The normalized spacial score (nSPS) is 37.2. The molecule has 0 bridgehead atoms. The minimum atomic E-state index is -0.580. The highest BCUT2D eigenvalue weighted by Crippen LogP contribution is 2.57. The summed E-state index contributed by atoms with van der Waals surface area (Å²) in [5.74, 6) is 3.67. The predicted octanol–water partition coefficient (Wildman–Crippen LogP) is 5.80. The number of methoxy groups -OCH3 is 1. The van der Waals surface area contributed by atoms with E-state index < -0.39 is 12.6 Å². The SMILES string of the molecule is COC1=C(CO)C(=O)OC1=C1OC2=CCCN3[C@H]([C@@H](O)CC4CCCCC4)[C@H]4CC[C@@H](c5ccccc5)[C@H]4C[C@@H]3[C@@H]2[C@H]1C. The first-order valence-electron chi connectivity index (χ1n) is 16.7. The van der Waals surface area contributed by atoms with Crippen molar-refractivity contribution in [3.05, 3.63) is 70.6 Å². The molecule has 0 aromatic heterocycles. The third kappa shape index (κ3) is 5.05. The Balaban J connectivity index is 1.25. The monoisotopic (exact) mass is 589 g/mol. The number of hydrogen-bond acceptors (Lipinski definition) is 7. The third-order valence-corrected chi connectivity index (χ3v) is 11.7. The number of rotatable bonds is 6. The van der Waals surface area contributed by atoms with Crippen LogP contribution >= 0.6 is 0 Å².